The molecule has 1 aromatic carbocycles. The fourth-order valence-corrected chi connectivity index (χ4v) is 2.64. The molecule has 2 rings (SSSR count). The first-order chi connectivity index (χ1) is 13.2. The Balaban J connectivity index is 1.88. The Morgan fingerprint density at radius 1 is 1.25 bits per heavy atom. The summed E-state index contributed by atoms with van der Waals surface area (Å²) in [7, 11) is 0. The van der Waals surface area contributed by atoms with E-state index in [-0.39, 0.29) is 31.0 Å². The molecule has 0 aliphatic heterocycles. The largest absolute Gasteiger partial charge is 0.480 e. The lowest BCUT2D eigenvalue weighted by molar-refractivity contribution is -0.142. The first-order valence-electron chi connectivity index (χ1n) is 9.33. The Labute approximate surface area is 165 Å². The van der Waals surface area contributed by atoms with Gasteiger partial charge in [0.25, 0.3) is 0 Å². The van der Waals surface area contributed by atoms with Crippen molar-refractivity contribution >= 4 is 11.9 Å². The van der Waals surface area contributed by atoms with Crippen molar-refractivity contribution in [3.05, 3.63) is 41.9 Å². The van der Waals surface area contributed by atoms with E-state index < -0.39 is 12.0 Å². The summed E-state index contributed by atoms with van der Waals surface area (Å²) in [4.78, 5) is 27.9. The molecule has 1 atom stereocenters. The second-order valence-electron chi connectivity index (χ2n) is 7.60. The summed E-state index contributed by atoms with van der Waals surface area (Å²) in [5.41, 5.74) is 1.32. The predicted molar refractivity (Wildman–Crippen MR) is 105 cm³/mol. The summed E-state index contributed by atoms with van der Waals surface area (Å²) in [5, 5.41) is 11.8. The molecule has 0 radical (unpaired) electrons. The van der Waals surface area contributed by atoms with Crippen LogP contribution in [0.15, 0.2) is 34.7 Å². The molecule has 2 aromatic rings. The molecule has 0 saturated heterocycles. The topological polar surface area (TPSA) is 102 Å². The summed E-state index contributed by atoms with van der Waals surface area (Å²) in [6, 6.07) is 8.63. The van der Waals surface area contributed by atoms with E-state index in [2.05, 4.69) is 10.3 Å². The maximum atomic E-state index is 12.2. The van der Waals surface area contributed by atoms with Crippen molar-refractivity contribution < 1.29 is 23.8 Å². The first-order valence-corrected chi connectivity index (χ1v) is 9.33. The summed E-state index contributed by atoms with van der Waals surface area (Å²) < 4.78 is 11.3. The number of aliphatic carboxylic acids is 1. The molecule has 1 unspecified atom stereocenters. The Hall–Kier alpha value is -2.67. The molecule has 0 fully saturated rings. The molecule has 1 amide bonds. The molecule has 152 valence electrons. The van der Waals surface area contributed by atoms with Gasteiger partial charge in [-0.2, -0.15) is 0 Å². The molecule has 0 spiro atoms. The van der Waals surface area contributed by atoms with Crippen LogP contribution in [0.3, 0.4) is 0 Å². The van der Waals surface area contributed by atoms with Gasteiger partial charge in [-0.25, -0.2) is 9.78 Å². The van der Waals surface area contributed by atoms with Crippen LogP contribution in [0.5, 0.6) is 0 Å². The Morgan fingerprint density at radius 2 is 1.93 bits per heavy atom. The average Bonchev–Trinajstić information content (AvgIpc) is 2.99. The monoisotopic (exact) mass is 388 g/mol. The Morgan fingerprint density at radius 3 is 2.54 bits per heavy atom. The van der Waals surface area contributed by atoms with Gasteiger partial charge in [-0.15, -0.1) is 0 Å². The molecule has 0 aliphatic rings. The third kappa shape index (κ3) is 6.81. The van der Waals surface area contributed by atoms with Gasteiger partial charge in [0.1, 0.15) is 6.04 Å². The van der Waals surface area contributed by atoms with Crippen LogP contribution in [-0.4, -0.2) is 40.2 Å². The fourth-order valence-electron chi connectivity index (χ4n) is 2.64. The number of ether oxygens (including phenoxy) is 1. The van der Waals surface area contributed by atoms with E-state index >= 15 is 0 Å². The lowest BCUT2D eigenvalue weighted by Gasteiger charge is -2.21. The van der Waals surface area contributed by atoms with Crippen molar-refractivity contribution in [2.45, 2.75) is 58.6 Å². The molecular weight excluding hydrogens is 360 g/mol. The third-order valence-corrected chi connectivity index (χ3v) is 4.02. The molecule has 1 aromatic heterocycles. The van der Waals surface area contributed by atoms with Crippen LogP contribution in [0.2, 0.25) is 0 Å². The molecule has 1 heterocycles. The van der Waals surface area contributed by atoms with Gasteiger partial charge in [-0.3, -0.25) is 4.79 Å². The number of hydrogen-bond donors (Lipinski definition) is 2. The molecule has 2 N–H and O–H groups in total. The third-order valence-electron chi connectivity index (χ3n) is 4.02. The van der Waals surface area contributed by atoms with Crippen LogP contribution in [-0.2, 0) is 20.7 Å². The number of aryl methyl sites for hydroxylation is 2. The van der Waals surface area contributed by atoms with E-state index in [1.54, 1.807) is 0 Å². The molecule has 0 aliphatic carbocycles. The minimum Gasteiger partial charge on any atom is -0.480 e. The van der Waals surface area contributed by atoms with Gasteiger partial charge in [0.15, 0.2) is 11.7 Å². The number of rotatable bonds is 9. The number of nitrogens with one attached hydrogen (secondary N) is 1. The second kappa shape index (κ2) is 9.50. The molecule has 7 heteroatoms. The number of aromatic nitrogens is 1. The van der Waals surface area contributed by atoms with E-state index in [9.17, 15) is 14.7 Å². The highest BCUT2D eigenvalue weighted by Gasteiger charge is 2.21. The SMILES string of the molecule is Cc1nc(CCC(=O)NC(CCOC(C)(C)C)C(=O)O)oc1-c1ccccc1. The van der Waals surface area contributed by atoms with Gasteiger partial charge in [-0.1, -0.05) is 30.3 Å². The summed E-state index contributed by atoms with van der Waals surface area (Å²) in [5.74, 6) is -0.308. The van der Waals surface area contributed by atoms with Crippen LogP contribution >= 0.6 is 0 Å². The molecular formula is C21H28N2O5. The Bertz CT molecular complexity index is 793. The van der Waals surface area contributed by atoms with Crippen molar-refractivity contribution in [3.8, 4) is 11.3 Å². The van der Waals surface area contributed by atoms with E-state index in [4.69, 9.17) is 9.15 Å². The quantitative estimate of drug-likeness (QED) is 0.683. The van der Waals surface area contributed by atoms with E-state index in [1.807, 2.05) is 58.0 Å². The first kappa shape index (κ1) is 21.6. The van der Waals surface area contributed by atoms with Gasteiger partial charge < -0.3 is 19.6 Å². The lowest BCUT2D eigenvalue weighted by atomic mass is 10.1. The van der Waals surface area contributed by atoms with Crippen molar-refractivity contribution in [1.29, 1.82) is 0 Å². The van der Waals surface area contributed by atoms with E-state index in [0.717, 1.165) is 11.3 Å². The zero-order valence-corrected chi connectivity index (χ0v) is 16.8. The lowest BCUT2D eigenvalue weighted by Crippen LogP contribution is -2.42. The van der Waals surface area contributed by atoms with Crippen molar-refractivity contribution in [2.75, 3.05) is 6.61 Å². The minimum atomic E-state index is -1.08. The van der Waals surface area contributed by atoms with E-state index in [0.29, 0.717) is 18.1 Å². The number of benzene rings is 1. The smallest absolute Gasteiger partial charge is 0.326 e. The Kier molecular flexibility index (Phi) is 7.34. The minimum absolute atomic E-state index is 0.0953. The van der Waals surface area contributed by atoms with Gasteiger partial charge in [0, 0.05) is 31.4 Å². The number of nitrogens with zero attached hydrogens (tertiary/aromatic N) is 1. The van der Waals surface area contributed by atoms with Crippen LogP contribution < -0.4 is 5.32 Å². The summed E-state index contributed by atoms with van der Waals surface area (Å²) in [6.45, 7) is 7.78. The van der Waals surface area contributed by atoms with Gasteiger partial charge in [-0.05, 0) is 27.7 Å². The molecule has 0 saturated carbocycles. The van der Waals surface area contributed by atoms with Crippen molar-refractivity contribution in [1.82, 2.24) is 10.3 Å². The predicted octanol–water partition coefficient (Wildman–Crippen LogP) is 3.36. The van der Waals surface area contributed by atoms with Crippen molar-refractivity contribution in [3.63, 3.8) is 0 Å². The van der Waals surface area contributed by atoms with Crippen molar-refractivity contribution in [2.24, 2.45) is 0 Å². The normalized spacial score (nSPS) is 12.6. The van der Waals surface area contributed by atoms with Crippen LogP contribution in [0.1, 0.15) is 45.2 Å². The number of carboxylic acids is 1. The maximum absolute atomic E-state index is 12.2. The molecule has 28 heavy (non-hydrogen) atoms. The van der Waals surface area contributed by atoms with Gasteiger partial charge in [0.05, 0.1) is 11.3 Å². The zero-order valence-electron chi connectivity index (χ0n) is 16.8. The number of carbonyl (C=O) groups is 2. The summed E-state index contributed by atoms with van der Waals surface area (Å²) in [6.07, 6.45) is 0.594. The fraction of sp³-hybridized carbons (Fsp3) is 0.476. The average molecular weight is 388 g/mol. The number of amides is 1. The number of carbonyl (C=O) groups excluding carboxylic acids is 1. The van der Waals surface area contributed by atoms with Crippen LogP contribution in [0, 0.1) is 6.92 Å². The summed E-state index contributed by atoms with van der Waals surface area (Å²) >= 11 is 0. The number of hydrogen-bond acceptors (Lipinski definition) is 5. The van der Waals surface area contributed by atoms with Crippen LogP contribution in [0.25, 0.3) is 11.3 Å². The molecule has 7 nitrogen and oxygen atoms in total. The highest BCUT2D eigenvalue weighted by Crippen LogP contribution is 2.24. The van der Waals surface area contributed by atoms with E-state index in [1.165, 1.54) is 0 Å². The highest BCUT2D eigenvalue weighted by molar-refractivity contribution is 5.83. The highest BCUT2D eigenvalue weighted by atomic mass is 16.5. The number of oxazole rings is 1. The second-order valence-corrected chi connectivity index (χ2v) is 7.60. The molecule has 0 bridgehead atoms. The van der Waals surface area contributed by atoms with Gasteiger partial charge >= 0.3 is 5.97 Å². The zero-order chi connectivity index (χ0) is 20.7. The standard InChI is InChI=1S/C21H28N2O5/c1-14-19(15-8-6-5-7-9-15)28-18(22-14)11-10-17(24)23-16(20(25)26)12-13-27-21(2,3)4/h5-9,16H,10-13H2,1-4H3,(H,23,24)(H,25,26). The maximum Gasteiger partial charge on any atom is 0.326 e. The number of carboxylic acid groups (broad SMARTS) is 1. The van der Waals surface area contributed by atoms with Crippen LogP contribution in [0.4, 0.5) is 0 Å². The van der Waals surface area contributed by atoms with Gasteiger partial charge in [0.2, 0.25) is 5.91 Å².